The van der Waals surface area contributed by atoms with Crippen LogP contribution < -0.4 is 10.1 Å². The molecule has 0 aliphatic rings. The van der Waals surface area contributed by atoms with E-state index in [1.54, 1.807) is 12.1 Å². The van der Waals surface area contributed by atoms with Crippen LogP contribution in [0.2, 0.25) is 9.36 Å². The lowest BCUT2D eigenvalue weighted by molar-refractivity contribution is -0.124. The third-order valence-electron chi connectivity index (χ3n) is 5.04. The number of thiophene rings is 1. The first-order chi connectivity index (χ1) is 16.6. The van der Waals surface area contributed by atoms with Crippen molar-refractivity contribution in [1.82, 2.24) is 5.32 Å². The number of sulfone groups is 1. The number of carbonyl (C=O) groups excluding carboxylic acids is 1. The molecule has 0 bridgehead atoms. The molecular formula is C26H31Cl2NO4S2. The SMILES string of the molecule is CCCCC(C)C(=O)NCc1ccc(COc2cccc(Cl)c2)cc1.CS(=O)(=O)c1ccc(Cl)s1. The van der Waals surface area contributed by atoms with E-state index in [4.69, 9.17) is 27.9 Å². The first-order valence-corrected chi connectivity index (χ1v) is 14.7. The molecule has 190 valence electrons. The number of benzene rings is 2. The van der Waals surface area contributed by atoms with Crippen LogP contribution in [-0.4, -0.2) is 20.6 Å². The second-order valence-electron chi connectivity index (χ2n) is 8.15. The average Bonchev–Trinajstić information content (AvgIpc) is 3.28. The predicted octanol–water partition coefficient (Wildman–Crippen LogP) is 7.17. The molecule has 0 fully saturated rings. The molecule has 1 heterocycles. The van der Waals surface area contributed by atoms with Crippen molar-refractivity contribution in [3.05, 3.63) is 81.1 Å². The minimum Gasteiger partial charge on any atom is -0.489 e. The van der Waals surface area contributed by atoms with E-state index in [1.807, 2.05) is 49.4 Å². The molecule has 0 saturated carbocycles. The molecule has 0 aliphatic carbocycles. The maximum atomic E-state index is 12.0. The summed E-state index contributed by atoms with van der Waals surface area (Å²) in [5, 5.41) is 3.67. The van der Waals surface area contributed by atoms with Crippen molar-refractivity contribution in [2.45, 2.75) is 50.5 Å². The number of rotatable bonds is 10. The molecule has 3 aromatic rings. The quantitative estimate of drug-likeness (QED) is 0.288. The van der Waals surface area contributed by atoms with Gasteiger partial charge in [0.25, 0.3) is 0 Å². The summed E-state index contributed by atoms with van der Waals surface area (Å²) in [4.78, 5) is 12.0. The number of carbonyl (C=O) groups is 1. The molecule has 1 aromatic heterocycles. The van der Waals surface area contributed by atoms with E-state index >= 15 is 0 Å². The van der Waals surface area contributed by atoms with E-state index in [0.717, 1.165) is 53.7 Å². The first-order valence-electron chi connectivity index (χ1n) is 11.3. The molecule has 0 aliphatic heterocycles. The molecule has 1 amide bonds. The van der Waals surface area contributed by atoms with E-state index < -0.39 is 9.84 Å². The highest BCUT2D eigenvalue weighted by Gasteiger charge is 2.11. The van der Waals surface area contributed by atoms with E-state index in [9.17, 15) is 13.2 Å². The Kier molecular flexibility index (Phi) is 12.1. The van der Waals surface area contributed by atoms with Crippen molar-refractivity contribution in [2.24, 2.45) is 5.92 Å². The summed E-state index contributed by atoms with van der Waals surface area (Å²) < 4.78 is 28.1. The van der Waals surface area contributed by atoms with Gasteiger partial charge in [0, 0.05) is 23.7 Å². The van der Waals surface area contributed by atoms with Crippen LogP contribution in [0.1, 0.15) is 44.2 Å². The molecular weight excluding hydrogens is 525 g/mol. The van der Waals surface area contributed by atoms with E-state index in [0.29, 0.717) is 26.7 Å². The van der Waals surface area contributed by atoms with Crippen LogP contribution in [-0.2, 0) is 27.8 Å². The van der Waals surface area contributed by atoms with Gasteiger partial charge in [0.1, 0.15) is 16.6 Å². The normalized spacial score (nSPS) is 11.8. The lowest BCUT2D eigenvalue weighted by Crippen LogP contribution is -2.28. The molecule has 1 N–H and O–H groups in total. The zero-order valence-electron chi connectivity index (χ0n) is 20.1. The highest BCUT2D eigenvalue weighted by Crippen LogP contribution is 2.25. The van der Waals surface area contributed by atoms with Crippen LogP contribution in [0.15, 0.2) is 64.9 Å². The number of hydrogen-bond donors (Lipinski definition) is 1. The fourth-order valence-corrected chi connectivity index (χ4v) is 5.26. The molecule has 2 aromatic carbocycles. The minimum atomic E-state index is -3.05. The summed E-state index contributed by atoms with van der Waals surface area (Å²) in [6.07, 6.45) is 4.32. The van der Waals surface area contributed by atoms with E-state index in [2.05, 4.69) is 12.2 Å². The Morgan fingerprint density at radius 3 is 2.29 bits per heavy atom. The largest absolute Gasteiger partial charge is 0.489 e. The Balaban J connectivity index is 0.000000360. The van der Waals surface area contributed by atoms with Gasteiger partial charge in [-0.3, -0.25) is 4.79 Å². The van der Waals surface area contributed by atoms with Crippen molar-refractivity contribution in [3.63, 3.8) is 0 Å². The fraction of sp³-hybridized carbons (Fsp3) is 0.346. The molecule has 9 heteroatoms. The number of halogens is 2. The lowest BCUT2D eigenvalue weighted by Gasteiger charge is -2.12. The van der Waals surface area contributed by atoms with Crippen molar-refractivity contribution >= 4 is 50.3 Å². The average molecular weight is 557 g/mol. The zero-order valence-corrected chi connectivity index (χ0v) is 23.2. The van der Waals surface area contributed by atoms with Gasteiger partial charge in [-0.2, -0.15) is 0 Å². The number of hydrogen-bond acceptors (Lipinski definition) is 5. The van der Waals surface area contributed by atoms with Gasteiger partial charge >= 0.3 is 0 Å². The molecule has 3 rings (SSSR count). The van der Waals surface area contributed by atoms with Crippen molar-refractivity contribution in [2.75, 3.05) is 6.26 Å². The van der Waals surface area contributed by atoms with Gasteiger partial charge in [-0.1, -0.05) is 80.2 Å². The van der Waals surface area contributed by atoms with E-state index in [-0.39, 0.29) is 11.8 Å². The van der Waals surface area contributed by atoms with Gasteiger partial charge < -0.3 is 10.1 Å². The maximum Gasteiger partial charge on any atom is 0.223 e. The summed E-state index contributed by atoms with van der Waals surface area (Å²) in [6, 6.07) is 18.5. The van der Waals surface area contributed by atoms with Crippen LogP contribution in [0.25, 0.3) is 0 Å². The van der Waals surface area contributed by atoms with Crippen LogP contribution in [0.4, 0.5) is 0 Å². The van der Waals surface area contributed by atoms with Gasteiger partial charge in [0.15, 0.2) is 9.84 Å². The van der Waals surface area contributed by atoms with E-state index in [1.165, 1.54) is 6.07 Å². The van der Waals surface area contributed by atoms with Crippen LogP contribution in [0.5, 0.6) is 5.75 Å². The molecule has 5 nitrogen and oxygen atoms in total. The Bertz CT molecular complexity index is 1180. The second kappa shape index (κ2) is 14.5. The summed E-state index contributed by atoms with van der Waals surface area (Å²) in [7, 11) is -3.05. The minimum absolute atomic E-state index is 0.0744. The van der Waals surface area contributed by atoms with Crippen molar-refractivity contribution < 1.29 is 17.9 Å². The highest BCUT2D eigenvalue weighted by atomic mass is 35.5. The van der Waals surface area contributed by atoms with Crippen LogP contribution in [0.3, 0.4) is 0 Å². The predicted molar refractivity (Wildman–Crippen MR) is 145 cm³/mol. The highest BCUT2D eigenvalue weighted by molar-refractivity contribution is 7.92. The lowest BCUT2D eigenvalue weighted by atomic mass is 10.0. The number of amides is 1. The molecule has 1 atom stereocenters. The zero-order chi connectivity index (χ0) is 25.8. The standard InChI is InChI=1S/C21H26ClNO2.C5H5ClO2S2/c1-3-4-6-16(2)21(24)23-14-17-9-11-18(12-10-17)15-25-20-8-5-7-19(22)13-20;1-10(7,8)5-3-2-4(6)9-5/h5,7-13,16H,3-4,6,14-15H2,1-2H3,(H,23,24);2-3H,1H3. The Morgan fingerprint density at radius 2 is 1.74 bits per heavy atom. The summed E-state index contributed by atoms with van der Waals surface area (Å²) in [5.41, 5.74) is 2.16. The maximum absolute atomic E-state index is 12.0. The Morgan fingerprint density at radius 1 is 1.06 bits per heavy atom. The Hall–Kier alpha value is -2.06. The smallest absolute Gasteiger partial charge is 0.223 e. The number of ether oxygens (including phenoxy) is 1. The van der Waals surface area contributed by atoms with Crippen LogP contribution in [0, 0.1) is 5.92 Å². The number of unbranched alkanes of at least 4 members (excludes halogenated alkanes) is 1. The third kappa shape index (κ3) is 11.0. The van der Waals surface area contributed by atoms with Gasteiger partial charge in [0.2, 0.25) is 5.91 Å². The molecule has 0 spiro atoms. The summed E-state index contributed by atoms with van der Waals surface area (Å²) >= 11 is 12.5. The van der Waals surface area contributed by atoms with Crippen LogP contribution >= 0.6 is 34.5 Å². The fourth-order valence-electron chi connectivity index (χ4n) is 2.98. The van der Waals surface area contributed by atoms with Gasteiger partial charge in [-0.05, 0) is 47.9 Å². The molecule has 0 saturated heterocycles. The second-order valence-corrected chi connectivity index (χ2v) is 12.5. The topological polar surface area (TPSA) is 72.5 Å². The molecule has 0 radical (unpaired) electrons. The third-order valence-corrected chi connectivity index (χ3v) is 8.33. The summed E-state index contributed by atoms with van der Waals surface area (Å²) in [5.74, 6) is 0.956. The van der Waals surface area contributed by atoms with Crippen molar-refractivity contribution in [1.29, 1.82) is 0 Å². The Labute approximate surface area is 222 Å². The monoisotopic (exact) mass is 555 g/mol. The number of nitrogens with one attached hydrogen (secondary N) is 1. The van der Waals surface area contributed by atoms with Crippen molar-refractivity contribution in [3.8, 4) is 5.75 Å². The van der Waals surface area contributed by atoms with Gasteiger partial charge in [-0.25, -0.2) is 8.42 Å². The molecule has 1 unspecified atom stereocenters. The van der Waals surface area contributed by atoms with Gasteiger partial charge in [-0.15, -0.1) is 11.3 Å². The van der Waals surface area contributed by atoms with Gasteiger partial charge in [0.05, 0.1) is 4.34 Å². The first kappa shape index (κ1) is 29.2. The summed E-state index contributed by atoms with van der Waals surface area (Å²) in [6.45, 7) is 5.18. The molecule has 35 heavy (non-hydrogen) atoms.